The molecule has 3 rings (SSSR count). The molecule has 0 bridgehead atoms. The van der Waals surface area contributed by atoms with Crippen LogP contribution in [0.2, 0.25) is 5.02 Å². The molecule has 104 valence electrons. The molecule has 0 spiro atoms. The van der Waals surface area contributed by atoms with Gasteiger partial charge in [0.1, 0.15) is 11.9 Å². The second-order valence-corrected chi connectivity index (χ2v) is 5.72. The van der Waals surface area contributed by atoms with E-state index < -0.39 is 6.10 Å². The van der Waals surface area contributed by atoms with Crippen molar-refractivity contribution in [2.45, 2.75) is 32.0 Å². The summed E-state index contributed by atoms with van der Waals surface area (Å²) < 4.78 is 5.68. The minimum atomic E-state index is -0.545. The van der Waals surface area contributed by atoms with Gasteiger partial charge in [0.2, 0.25) is 0 Å². The van der Waals surface area contributed by atoms with Crippen LogP contribution in [-0.4, -0.2) is 11.2 Å². The Morgan fingerprint density at radius 3 is 2.90 bits per heavy atom. The highest BCUT2D eigenvalue weighted by Gasteiger charge is 2.20. The first-order valence-electron chi connectivity index (χ1n) is 6.84. The lowest BCUT2D eigenvalue weighted by atomic mass is 9.98. The van der Waals surface area contributed by atoms with Gasteiger partial charge in [-0.3, -0.25) is 0 Å². The van der Waals surface area contributed by atoms with E-state index in [1.54, 1.807) is 0 Å². The highest BCUT2D eigenvalue weighted by molar-refractivity contribution is 6.31. The Balaban J connectivity index is 1.80. The number of ether oxygens (including phenoxy) is 1. The molecule has 2 aromatic rings. The van der Waals surface area contributed by atoms with Gasteiger partial charge in [0, 0.05) is 17.9 Å². The fourth-order valence-electron chi connectivity index (χ4n) is 2.64. The van der Waals surface area contributed by atoms with E-state index in [1.165, 1.54) is 5.56 Å². The average molecular weight is 289 g/mol. The van der Waals surface area contributed by atoms with E-state index in [4.69, 9.17) is 16.3 Å². The Morgan fingerprint density at radius 1 is 1.30 bits per heavy atom. The summed E-state index contributed by atoms with van der Waals surface area (Å²) in [5.74, 6) is 0.936. The van der Waals surface area contributed by atoms with Crippen molar-refractivity contribution in [3.8, 4) is 5.75 Å². The van der Waals surface area contributed by atoms with Crippen LogP contribution < -0.4 is 4.74 Å². The summed E-state index contributed by atoms with van der Waals surface area (Å²) in [7, 11) is 0. The molecule has 0 fully saturated rings. The fourth-order valence-corrected chi connectivity index (χ4v) is 2.85. The first kappa shape index (κ1) is 13.5. The standard InChI is InChI=1S/C17H17ClO2/c1-11-8-14-9-13(6-7-17(14)20-11)16(19)10-12-4-2-3-5-15(12)18/h2-7,9,11,16,19H,8,10H2,1H3. The van der Waals surface area contributed by atoms with Gasteiger partial charge in [-0.2, -0.15) is 0 Å². The third-order valence-corrected chi connectivity index (χ3v) is 4.04. The molecule has 3 heteroatoms. The number of fused-ring (bicyclic) bond motifs is 1. The van der Waals surface area contributed by atoms with Crippen LogP contribution in [0.1, 0.15) is 29.7 Å². The fraction of sp³-hybridized carbons (Fsp3) is 0.294. The second kappa shape index (κ2) is 5.47. The van der Waals surface area contributed by atoms with Gasteiger partial charge in [0.25, 0.3) is 0 Å². The molecule has 0 radical (unpaired) electrons. The van der Waals surface area contributed by atoms with Crippen molar-refractivity contribution < 1.29 is 9.84 Å². The average Bonchev–Trinajstić information content (AvgIpc) is 2.80. The van der Waals surface area contributed by atoms with Gasteiger partial charge < -0.3 is 9.84 Å². The lowest BCUT2D eigenvalue weighted by Gasteiger charge is -2.13. The Kier molecular flexibility index (Phi) is 3.68. The maximum atomic E-state index is 10.4. The number of aliphatic hydroxyl groups is 1. The van der Waals surface area contributed by atoms with E-state index in [2.05, 4.69) is 6.92 Å². The molecule has 0 saturated carbocycles. The van der Waals surface area contributed by atoms with Crippen LogP contribution in [0.4, 0.5) is 0 Å². The van der Waals surface area contributed by atoms with Crippen LogP contribution in [-0.2, 0) is 12.8 Å². The predicted octanol–water partition coefficient (Wildman–Crippen LogP) is 3.94. The zero-order chi connectivity index (χ0) is 14.1. The summed E-state index contributed by atoms with van der Waals surface area (Å²) in [4.78, 5) is 0. The first-order chi connectivity index (χ1) is 9.63. The van der Waals surface area contributed by atoms with Crippen molar-refractivity contribution in [1.82, 2.24) is 0 Å². The summed E-state index contributed by atoms with van der Waals surface area (Å²) in [5.41, 5.74) is 3.06. The highest BCUT2D eigenvalue weighted by Crippen LogP contribution is 2.32. The molecular weight excluding hydrogens is 272 g/mol. The normalized spacial score (nSPS) is 18.4. The number of hydrogen-bond acceptors (Lipinski definition) is 2. The molecular formula is C17H17ClO2. The summed E-state index contributed by atoms with van der Waals surface area (Å²) in [6.07, 6.45) is 1.11. The maximum absolute atomic E-state index is 10.4. The summed E-state index contributed by atoms with van der Waals surface area (Å²) in [6, 6.07) is 13.5. The Labute approximate surface area is 124 Å². The van der Waals surface area contributed by atoms with Gasteiger partial charge in [0.15, 0.2) is 0 Å². The van der Waals surface area contributed by atoms with Crippen molar-refractivity contribution >= 4 is 11.6 Å². The van der Waals surface area contributed by atoms with Crippen molar-refractivity contribution in [1.29, 1.82) is 0 Å². The van der Waals surface area contributed by atoms with Gasteiger partial charge in [-0.15, -0.1) is 0 Å². The zero-order valence-corrected chi connectivity index (χ0v) is 12.1. The quantitative estimate of drug-likeness (QED) is 0.927. The van der Waals surface area contributed by atoms with Crippen LogP contribution in [0.25, 0.3) is 0 Å². The molecule has 2 nitrogen and oxygen atoms in total. The van der Waals surface area contributed by atoms with Crippen LogP contribution >= 0.6 is 11.6 Å². The number of halogens is 1. The number of aliphatic hydroxyl groups excluding tert-OH is 1. The SMILES string of the molecule is CC1Cc2cc(C(O)Cc3ccccc3Cl)ccc2O1. The van der Waals surface area contributed by atoms with Crippen LogP contribution in [0.15, 0.2) is 42.5 Å². The maximum Gasteiger partial charge on any atom is 0.123 e. The van der Waals surface area contributed by atoms with Crippen molar-refractivity contribution in [3.63, 3.8) is 0 Å². The largest absolute Gasteiger partial charge is 0.490 e. The molecule has 0 saturated heterocycles. The highest BCUT2D eigenvalue weighted by atomic mass is 35.5. The second-order valence-electron chi connectivity index (χ2n) is 5.31. The lowest BCUT2D eigenvalue weighted by molar-refractivity contribution is 0.178. The topological polar surface area (TPSA) is 29.5 Å². The molecule has 2 atom stereocenters. The monoisotopic (exact) mass is 288 g/mol. The molecule has 1 aliphatic heterocycles. The van der Waals surface area contributed by atoms with Crippen LogP contribution in [0.3, 0.4) is 0 Å². The van der Waals surface area contributed by atoms with E-state index in [0.717, 1.165) is 23.3 Å². The van der Waals surface area contributed by atoms with Gasteiger partial charge >= 0.3 is 0 Å². The smallest absolute Gasteiger partial charge is 0.123 e. The van der Waals surface area contributed by atoms with Crippen LogP contribution in [0.5, 0.6) is 5.75 Å². The molecule has 0 amide bonds. The molecule has 0 aromatic heterocycles. The number of rotatable bonds is 3. The summed E-state index contributed by atoms with van der Waals surface area (Å²) in [6.45, 7) is 2.06. The number of hydrogen-bond donors (Lipinski definition) is 1. The lowest BCUT2D eigenvalue weighted by Crippen LogP contribution is -2.05. The zero-order valence-electron chi connectivity index (χ0n) is 11.3. The van der Waals surface area contributed by atoms with Crippen molar-refractivity contribution in [2.24, 2.45) is 0 Å². The van der Waals surface area contributed by atoms with Gasteiger partial charge in [-0.25, -0.2) is 0 Å². The third kappa shape index (κ3) is 2.67. The van der Waals surface area contributed by atoms with Crippen LogP contribution in [0, 0.1) is 0 Å². The van der Waals surface area contributed by atoms with E-state index >= 15 is 0 Å². The Bertz CT molecular complexity index is 624. The van der Waals surface area contributed by atoms with Crippen molar-refractivity contribution in [3.05, 3.63) is 64.2 Å². The molecule has 1 aliphatic rings. The minimum absolute atomic E-state index is 0.223. The van der Waals surface area contributed by atoms with E-state index in [0.29, 0.717) is 11.4 Å². The molecule has 20 heavy (non-hydrogen) atoms. The van der Waals surface area contributed by atoms with E-state index in [9.17, 15) is 5.11 Å². The number of benzene rings is 2. The van der Waals surface area contributed by atoms with Gasteiger partial charge in [0.05, 0.1) is 6.10 Å². The first-order valence-corrected chi connectivity index (χ1v) is 7.22. The Hall–Kier alpha value is -1.51. The summed E-state index contributed by atoms with van der Waals surface area (Å²) >= 11 is 6.14. The van der Waals surface area contributed by atoms with Gasteiger partial charge in [-0.1, -0.05) is 35.9 Å². The third-order valence-electron chi connectivity index (χ3n) is 3.68. The summed E-state index contributed by atoms with van der Waals surface area (Å²) in [5, 5.41) is 11.1. The van der Waals surface area contributed by atoms with Gasteiger partial charge in [-0.05, 0) is 41.8 Å². The molecule has 1 heterocycles. The van der Waals surface area contributed by atoms with Crippen molar-refractivity contribution in [2.75, 3.05) is 0 Å². The predicted molar refractivity (Wildman–Crippen MR) is 80.4 cm³/mol. The molecule has 0 aliphatic carbocycles. The minimum Gasteiger partial charge on any atom is -0.490 e. The molecule has 1 N–H and O–H groups in total. The molecule has 2 unspecified atom stereocenters. The molecule has 2 aromatic carbocycles. The van der Waals surface area contributed by atoms with E-state index in [-0.39, 0.29) is 6.10 Å². The Morgan fingerprint density at radius 2 is 2.10 bits per heavy atom. The van der Waals surface area contributed by atoms with E-state index in [1.807, 2.05) is 42.5 Å².